The zero-order chi connectivity index (χ0) is 32.2. The second-order valence-electron chi connectivity index (χ2n) is 11.7. The van der Waals surface area contributed by atoms with Gasteiger partial charge in [-0.1, -0.05) is 58.0 Å². The lowest BCUT2D eigenvalue weighted by molar-refractivity contribution is 0.112. The van der Waals surface area contributed by atoms with Crippen LogP contribution in [0.15, 0.2) is 47.5 Å². The third kappa shape index (κ3) is 4.54. The summed E-state index contributed by atoms with van der Waals surface area (Å²) >= 11 is 0. The number of phenols is 6. The van der Waals surface area contributed by atoms with Gasteiger partial charge < -0.3 is 30.6 Å². The van der Waals surface area contributed by atoms with E-state index in [1.165, 1.54) is 6.21 Å². The predicted molar refractivity (Wildman–Crippen MR) is 174 cm³/mol. The van der Waals surface area contributed by atoms with E-state index in [1.54, 1.807) is 38.1 Å². The second-order valence-corrected chi connectivity index (χ2v) is 11.7. The number of hydrogen-bond acceptors (Lipinski definition) is 8. The van der Waals surface area contributed by atoms with Crippen LogP contribution in [0, 0.1) is 13.8 Å². The molecule has 0 atom stereocenters. The maximum atomic E-state index is 12.2. The Labute approximate surface area is 254 Å². The van der Waals surface area contributed by atoms with E-state index < -0.39 is 17.2 Å². The molecule has 0 fully saturated rings. The highest BCUT2D eigenvalue weighted by Crippen LogP contribution is 2.54. The predicted octanol–water partition coefficient (Wildman–Crippen LogP) is 8.32. The van der Waals surface area contributed by atoms with Gasteiger partial charge in [-0.15, -0.1) is 0 Å². The minimum absolute atomic E-state index is 0.0424. The number of carbonyl (C=O) groups excluding carboxylic acids is 1. The fourth-order valence-corrected chi connectivity index (χ4v) is 6.27. The maximum absolute atomic E-state index is 12.2. The Morgan fingerprint density at radius 2 is 1.05 bits per heavy atom. The average molecular weight is 594 g/mol. The molecule has 0 saturated heterocycles. The number of aromatic hydroxyl groups is 6. The number of aldehydes is 1. The number of aliphatic imine (C=N–C) groups is 1. The van der Waals surface area contributed by atoms with Crippen LogP contribution in [-0.2, 0) is 0 Å². The van der Waals surface area contributed by atoms with Gasteiger partial charge in [0.1, 0.15) is 11.5 Å². The Morgan fingerprint density at radius 1 is 0.614 bits per heavy atom. The van der Waals surface area contributed by atoms with Crippen LogP contribution in [0.4, 0.5) is 5.69 Å². The number of aryl methyl sites for hydroxylation is 2. The van der Waals surface area contributed by atoms with E-state index in [4.69, 9.17) is 0 Å². The number of fused-ring (bicyclic) bond motifs is 2. The van der Waals surface area contributed by atoms with Gasteiger partial charge in [0.25, 0.3) is 0 Å². The molecule has 0 aromatic heterocycles. The summed E-state index contributed by atoms with van der Waals surface area (Å²) in [5, 5.41) is 68.8. The summed E-state index contributed by atoms with van der Waals surface area (Å²) in [6.45, 7) is 10.8. The summed E-state index contributed by atoms with van der Waals surface area (Å²) in [7, 11) is 0. The summed E-state index contributed by atoms with van der Waals surface area (Å²) in [4.78, 5) is 16.6. The molecule has 0 saturated carbocycles. The first-order chi connectivity index (χ1) is 20.8. The van der Waals surface area contributed by atoms with Crippen molar-refractivity contribution in [3.8, 4) is 45.6 Å². The average Bonchev–Trinajstić information content (AvgIpc) is 2.96. The number of benzene rings is 5. The molecule has 0 bridgehead atoms. The van der Waals surface area contributed by atoms with Crippen molar-refractivity contribution in [2.45, 2.75) is 53.4 Å². The maximum Gasteiger partial charge on any atom is 0.169 e. The van der Waals surface area contributed by atoms with Crippen LogP contribution in [0.5, 0.6) is 34.5 Å². The Morgan fingerprint density at radius 3 is 1.48 bits per heavy atom. The van der Waals surface area contributed by atoms with Crippen molar-refractivity contribution >= 4 is 39.7 Å². The SMILES string of the molecule is Cc1cc2c(C(C)C)c(O)c(O)c(C=O)c2c(O)c1-c1c(C)cc2c(C(C)C)c(O)c(O)c(C=Nc3ccccc3)c2c1O. The van der Waals surface area contributed by atoms with Crippen molar-refractivity contribution in [3.63, 3.8) is 0 Å². The lowest BCUT2D eigenvalue weighted by Gasteiger charge is -2.23. The summed E-state index contributed by atoms with van der Waals surface area (Å²) in [5.74, 6) is -2.95. The topological polar surface area (TPSA) is 151 Å². The number of phenolic OH excluding ortho intramolecular Hbond substituents is 6. The summed E-state index contributed by atoms with van der Waals surface area (Å²) in [6.07, 6.45) is 1.75. The lowest BCUT2D eigenvalue weighted by atomic mass is 9.83. The molecule has 5 aromatic rings. The number of carbonyl (C=O) groups is 1. The van der Waals surface area contributed by atoms with Crippen molar-refractivity contribution in [1.29, 1.82) is 0 Å². The third-order valence-electron chi connectivity index (χ3n) is 8.21. The van der Waals surface area contributed by atoms with Crippen LogP contribution in [0.25, 0.3) is 32.7 Å². The molecule has 0 amide bonds. The summed E-state index contributed by atoms with van der Waals surface area (Å²) in [6, 6.07) is 12.5. The zero-order valence-corrected chi connectivity index (χ0v) is 25.4. The van der Waals surface area contributed by atoms with Gasteiger partial charge in [0.15, 0.2) is 29.3 Å². The van der Waals surface area contributed by atoms with Gasteiger partial charge in [-0.05, 0) is 59.7 Å². The van der Waals surface area contributed by atoms with Gasteiger partial charge in [-0.3, -0.25) is 9.79 Å². The van der Waals surface area contributed by atoms with E-state index in [2.05, 4.69) is 4.99 Å². The molecule has 0 radical (unpaired) electrons. The first-order valence-corrected chi connectivity index (χ1v) is 14.3. The molecular weight excluding hydrogens is 558 g/mol. The highest BCUT2D eigenvalue weighted by Gasteiger charge is 2.29. The largest absolute Gasteiger partial charge is 0.507 e. The molecule has 0 aliphatic heterocycles. The zero-order valence-electron chi connectivity index (χ0n) is 25.4. The third-order valence-corrected chi connectivity index (χ3v) is 8.21. The molecule has 0 aliphatic rings. The van der Waals surface area contributed by atoms with Crippen molar-refractivity contribution in [2.24, 2.45) is 4.99 Å². The summed E-state index contributed by atoms with van der Waals surface area (Å²) in [5.41, 5.74) is 2.72. The van der Waals surface area contributed by atoms with Crippen LogP contribution in [0.1, 0.15) is 77.7 Å². The van der Waals surface area contributed by atoms with Crippen molar-refractivity contribution < 1.29 is 35.4 Å². The smallest absolute Gasteiger partial charge is 0.169 e. The van der Waals surface area contributed by atoms with E-state index in [1.807, 2.05) is 45.9 Å². The van der Waals surface area contributed by atoms with Crippen LogP contribution in [0.3, 0.4) is 0 Å². The molecule has 0 aliphatic carbocycles. The van der Waals surface area contributed by atoms with E-state index in [-0.39, 0.29) is 62.1 Å². The molecular formula is C36H35NO7. The van der Waals surface area contributed by atoms with Crippen molar-refractivity contribution in [2.75, 3.05) is 0 Å². The van der Waals surface area contributed by atoms with Crippen molar-refractivity contribution in [1.82, 2.24) is 0 Å². The standard InChI is InChI=1S/C36H35NO7/c1-16(2)25-21-12-18(5)27(33(41)29(21)23(31(39)35(25)43)14-37-20-10-8-7-9-11-20)28-19(6)13-22-26(17(3)4)36(44)32(40)24(15-38)30(22)34(28)42/h7-17,39-44H,1-6H3. The molecule has 8 heteroatoms. The second kappa shape index (κ2) is 11.1. The quantitative estimate of drug-likeness (QED) is 0.0658. The van der Waals surface area contributed by atoms with Crippen LogP contribution < -0.4 is 0 Å². The fourth-order valence-electron chi connectivity index (χ4n) is 6.27. The van der Waals surface area contributed by atoms with Crippen LogP contribution >= 0.6 is 0 Å². The minimum Gasteiger partial charge on any atom is -0.507 e. The van der Waals surface area contributed by atoms with Crippen LogP contribution in [0.2, 0.25) is 0 Å². The highest BCUT2D eigenvalue weighted by atomic mass is 16.3. The number of nitrogens with zero attached hydrogens (tertiary/aromatic N) is 1. The van der Waals surface area contributed by atoms with E-state index in [9.17, 15) is 35.4 Å². The lowest BCUT2D eigenvalue weighted by Crippen LogP contribution is -2.01. The highest BCUT2D eigenvalue weighted by molar-refractivity contribution is 6.14. The Hall–Kier alpha value is -5.24. The molecule has 6 N–H and O–H groups in total. The normalized spacial score (nSPS) is 11.9. The minimum atomic E-state index is -0.637. The number of rotatable bonds is 6. The molecule has 44 heavy (non-hydrogen) atoms. The molecule has 8 nitrogen and oxygen atoms in total. The molecule has 226 valence electrons. The van der Waals surface area contributed by atoms with E-state index >= 15 is 0 Å². The Bertz CT molecular complexity index is 2010. The number of hydrogen-bond donors (Lipinski definition) is 6. The molecule has 5 rings (SSSR count). The Balaban J connectivity index is 1.95. The summed E-state index contributed by atoms with van der Waals surface area (Å²) < 4.78 is 0. The first kappa shape index (κ1) is 30.2. The van der Waals surface area contributed by atoms with Crippen LogP contribution in [-0.4, -0.2) is 43.1 Å². The van der Waals surface area contributed by atoms with E-state index in [0.717, 1.165) is 0 Å². The fraction of sp³-hybridized carbons (Fsp3) is 0.222. The van der Waals surface area contributed by atoms with Crippen molar-refractivity contribution in [3.05, 3.63) is 75.8 Å². The van der Waals surface area contributed by atoms with Gasteiger partial charge in [0.05, 0.1) is 16.8 Å². The molecule has 0 spiro atoms. The van der Waals surface area contributed by atoms with E-state index in [0.29, 0.717) is 45.0 Å². The van der Waals surface area contributed by atoms with Gasteiger partial charge in [0.2, 0.25) is 0 Å². The molecule has 0 heterocycles. The Kier molecular flexibility index (Phi) is 7.63. The van der Waals surface area contributed by atoms with Gasteiger partial charge in [0, 0.05) is 39.2 Å². The molecule has 0 unspecified atom stereocenters. The first-order valence-electron chi connectivity index (χ1n) is 14.3. The number of para-hydroxylation sites is 1. The van der Waals surface area contributed by atoms with Gasteiger partial charge in [-0.2, -0.15) is 0 Å². The van der Waals surface area contributed by atoms with Gasteiger partial charge >= 0.3 is 0 Å². The monoisotopic (exact) mass is 593 g/mol. The molecule has 5 aromatic carbocycles. The van der Waals surface area contributed by atoms with Gasteiger partial charge in [-0.25, -0.2) is 0 Å².